The molecule has 4 rings (SSSR count). The maximum absolute atomic E-state index is 12.7. The van der Waals surface area contributed by atoms with Gasteiger partial charge in [-0.25, -0.2) is 4.98 Å². The van der Waals surface area contributed by atoms with Crippen LogP contribution in [0.4, 0.5) is 0 Å². The van der Waals surface area contributed by atoms with Gasteiger partial charge in [0.25, 0.3) is 5.91 Å². The molecular weight excluding hydrogens is 316 g/mol. The van der Waals surface area contributed by atoms with Crippen LogP contribution in [0.3, 0.4) is 0 Å². The third-order valence-electron chi connectivity index (χ3n) is 4.19. The molecule has 25 heavy (non-hydrogen) atoms. The van der Waals surface area contributed by atoms with Gasteiger partial charge in [0.2, 0.25) is 0 Å². The number of ether oxygens (including phenoxy) is 1. The summed E-state index contributed by atoms with van der Waals surface area (Å²) in [7, 11) is 0. The Bertz CT molecular complexity index is 875. The standard InChI is InChI=1S/C19H18N4O2/c24-19(21-12-14-5-4-8-20-11-14)17-16-13-25-10-9-23(16)18(22-17)15-6-2-1-3-7-15/h1-8,11H,9-10,12-13H2,(H,21,24). The molecule has 2 aromatic heterocycles. The summed E-state index contributed by atoms with van der Waals surface area (Å²) in [5, 5.41) is 2.92. The highest BCUT2D eigenvalue weighted by Crippen LogP contribution is 2.25. The lowest BCUT2D eigenvalue weighted by molar-refractivity contribution is 0.0816. The highest BCUT2D eigenvalue weighted by Gasteiger charge is 2.25. The second-order valence-corrected chi connectivity index (χ2v) is 5.84. The number of aromatic nitrogens is 3. The summed E-state index contributed by atoms with van der Waals surface area (Å²) in [6.07, 6.45) is 3.45. The monoisotopic (exact) mass is 334 g/mol. The Morgan fingerprint density at radius 1 is 1.20 bits per heavy atom. The number of fused-ring (bicyclic) bond motifs is 1. The van der Waals surface area contributed by atoms with E-state index in [-0.39, 0.29) is 5.91 Å². The van der Waals surface area contributed by atoms with Crippen LogP contribution in [0.1, 0.15) is 21.7 Å². The van der Waals surface area contributed by atoms with E-state index in [0.717, 1.165) is 22.6 Å². The molecule has 0 aliphatic carbocycles. The first-order chi connectivity index (χ1) is 12.3. The maximum Gasteiger partial charge on any atom is 0.272 e. The van der Waals surface area contributed by atoms with Crippen LogP contribution in [0.25, 0.3) is 11.4 Å². The van der Waals surface area contributed by atoms with Crippen molar-refractivity contribution < 1.29 is 9.53 Å². The predicted octanol–water partition coefficient (Wildman–Crippen LogP) is 2.41. The molecule has 126 valence electrons. The minimum absolute atomic E-state index is 0.194. The van der Waals surface area contributed by atoms with Gasteiger partial charge < -0.3 is 14.6 Å². The molecule has 0 saturated heterocycles. The molecule has 6 heteroatoms. The molecule has 0 fully saturated rings. The Kier molecular flexibility index (Phi) is 4.26. The van der Waals surface area contributed by atoms with Crippen molar-refractivity contribution in [2.24, 2.45) is 0 Å². The molecule has 1 aliphatic rings. The number of benzene rings is 1. The summed E-state index contributed by atoms with van der Waals surface area (Å²) >= 11 is 0. The summed E-state index contributed by atoms with van der Waals surface area (Å²) in [4.78, 5) is 21.4. The number of pyridine rings is 1. The van der Waals surface area contributed by atoms with Crippen LogP contribution in [0.5, 0.6) is 0 Å². The Labute approximate surface area is 145 Å². The van der Waals surface area contributed by atoms with E-state index in [1.807, 2.05) is 42.5 Å². The number of hydrogen-bond acceptors (Lipinski definition) is 4. The van der Waals surface area contributed by atoms with E-state index in [2.05, 4.69) is 19.9 Å². The molecule has 0 atom stereocenters. The van der Waals surface area contributed by atoms with E-state index >= 15 is 0 Å². The fourth-order valence-electron chi connectivity index (χ4n) is 2.96. The lowest BCUT2D eigenvalue weighted by Gasteiger charge is -2.18. The summed E-state index contributed by atoms with van der Waals surface area (Å²) in [6, 6.07) is 13.7. The van der Waals surface area contributed by atoms with Crippen LogP contribution in [-0.2, 0) is 24.4 Å². The zero-order chi connectivity index (χ0) is 17.1. The summed E-state index contributed by atoms with van der Waals surface area (Å²) in [6.45, 7) is 2.14. The van der Waals surface area contributed by atoms with Crippen molar-refractivity contribution in [2.45, 2.75) is 19.7 Å². The van der Waals surface area contributed by atoms with Gasteiger partial charge in [0, 0.05) is 31.0 Å². The van der Waals surface area contributed by atoms with Gasteiger partial charge in [0.1, 0.15) is 5.82 Å². The highest BCUT2D eigenvalue weighted by molar-refractivity contribution is 5.94. The fourth-order valence-corrected chi connectivity index (χ4v) is 2.96. The van der Waals surface area contributed by atoms with Crippen LogP contribution < -0.4 is 5.32 Å². The molecule has 1 aromatic carbocycles. The summed E-state index contributed by atoms with van der Waals surface area (Å²) in [5.41, 5.74) is 3.21. The maximum atomic E-state index is 12.7. The molecule has 1 amide bonds. The first-order valence-electron chi connectivity index (χ1n) is 8.22. The minimum atomic E-state index is -0.194. The van der Waals surface area contributed by atoms with Gasteiger partial charge in [-0.1, -0.05) is 36.4 Å². The molecule has 0 unspecified atom stereocenters. The minimum Gasteiger partial charge on any atom is -0.373 e. The molecule has 0 spiro atoms. The van der Waals surface area contributed by atoms with Crippen LogP contribution >= 0.6 is 0 Å². The number of imidazole rings is 1. The first kappa shape index (κ1) is 15.5. The number of carbonyl (C=O) groups excluding carboxylic acids is 1. The number of hydrogen-bond donors (Lipinski definition) is 1. The van der Waals surface area contributed by atoms with E-state index < -0.39 is 0 Å². The van der Waals surface area contributed by atoms with Crippen LogP contribution in [0, 0.1) is 0 Å². The van der Waals surface area contributed by atoms with Gasteiger partial charge in [-0.15, -0.1) is 0 Å². The fraction of sp³-hybridized carbons (Fsp3) is 0.211. The largest absolute Gasteiger partial charge is 0.373 e. The molecule has 3 aromatic rings. The first-order valence-corrected chi connectivity index (χ1v) is 8.22. The summed E-state index contributed by atoms with van der Waals surface area (Å²) in [5.74, 6) is 0.616. The SMILES string of the molecule is O=C(NCc1cccnc1)c1nc(-c2ccccc2)n2c1COCC2. The van der Waals surface area contributed by atoms with Crippen molar-refractivity contribution in [1.29, 1.82) is 0 Å². The number of nitrogens with one attached hydrogen (secondary N) is 1. The van der Waals surface area contributed by atoms with Crippen molar-refractivity contribution in [1.82, 2.24) is 19.9 Å². The lowest BCUT2D eigenvalue weighted by atomic mass is 10.2. The average molecular weight is 334 g/mol. The van der Waals surface area contributed by atoms with Gasteiger partial charge in [0.15, 0.2) is 5.69 Å². The Balaban J connectivity index is 1.63. The topological polar surface area (TPSA) is 69.0 Å². The molecule has 3 heterocycles. The normalized spacial score (nSPS) is 13.3. The van der Waals surface area contributed by atoms with E-state index in [1.54, 1.807) is 12.4 Å². The number of rotatable bonds is 4. The van der Waals surface area contributed by atoms with Crippen molar-refractivity contribution >= 4 is 5.91 Å². The zero-order valence-corrected chi connectivity index (χ0v) is 13.7. The molecule has 1 N–H and O–H groups in total. The molecule has 1 aliphatic heterocycles. The van der Waals surface area contributed by atoms with Gasteiger partial charge in [-0.05, 0) is 11.6 Å². The van der Waals surface area contributed by atoms with Crippen molar-refractivity contribution in [3.05, 3.63) is 71.8 Å². The molecule has 6 nitrogen and oxygen atoms in total. The summed E-state index contributed by atoms with van der Waals surface area (Å²) < 4.78 is 7.63. The smallest absolute Gasteiger partial charge is 0.272 e. The van der Waals surface area contributed by atoms with E-state index in [0.29, 0.717) is 32.0 Å². The Morgan fingerprint density at radius 3 is 2.88 bits per heavy atom. The third kappa shape index (κ3) is 3.16. The van der Waals surface area contributed by atoms with E-state index in [1.165, 1.54) is 0 Å². The highest BCUT2D eigenvalue weighted by atomic mass is 16.5. The molecular formula is C19H18N4O2. The van der Waals surface area contributed by atoms with Gasteiger partial charge in [-0.3, -0.25) is 9.78 Å². The van der Waals surface area contributed by atoms with Gasteiger partial charge >= 0.3 is 0 Å². The van der Waals surface area contributed by atoms with Crippen molar-refractivity contribution in [3.63, 3.8) is 0 Å². The molecule has 0 bridgehead atoms. The van der Waals surface area contributed by atoms with Crippen LogP contribution in [-0.4, -0.2) is 27.0 Å². The number of carbonyl (C=O) groups is 1. The quantitative estimate of drug-likeness (QED) is 0.795. The lowest BCUT2D eigenvalue weighted by Crippen LogP contribution is -2.26. The predicted molar refractivity (Wildman–Crippen MR) is 92.7 cm³/mol. The van der Waals surface area contributed by atoms with Crippen LogP contribution in [0.2, 0.25) is 0 Å². The molecule has 0 saturated carbocycles. The van der Waals surface area contributed by atoms with E-state index in [4.69, 9.17) is 4.74 Å². The van der Waals surface area contributed by atoms with Gasteiger partial charge in [-0.2, -0.15) is 0 Å². The van der Waals surface area contributed by atoms with Crippen LogP contribution in [0.15, 0.2) is 54.9 Å². The second kappa shape index (κ2) is 6.86. The van der Waals surface area contributed by atoms with Gasteiger partial charge in [0.05, 0.1) is 18.9 Å². The third-order valence-corrected chi connectivity index (χ3v) is 4.19. The second-order valence-electron chi connectivity index (χ2n) is 5.84. The van der Waals surface area contributed by atoms with Crippen molar-refractivity contribution in [2.75, 3.05) is 6.61 Å². The number of nitrogens with zero attached hydrogens (tertiary/aromatic N) is 3. The number of amides is 1. The zero-order valence-electron chi connectivity index (χ0n) is 13.7. The average Bonchev–Trinajstić information content (AvgIpc) is 3.07. The van der Waals surface area contributed by atoms with Crippen molar-refractivity contribution in [3.8, 4) is 11.4 Å². The Morgan fingerprint density at radius 2 is 2.08 bits per heavy atom. The Hall–Kier alpha value is -2.99. The molecule has 0 radical (unpaired) electrons. The van der Waals surface area contributed by atoms with E-state index in [9.17, 15) is 4.79 Å².